The molecule has 0 atom stereocenters. The quantitative estimate of drug-likeness (QED) is 0.699. The fraction of sp³-hybridized carbons (Fsp3) is 0.565. The standard InChI is InChI=1S/C23H34BNO5/c1-16(26)13-17-11-9-10-12-18(17)14-19(15-25-20(27)28-21(2,3)4)24-29-22(5,6)23(7,8)30-24/h9-12,14H,13,15H2,1-8H3,(H,25,27). The predicted molar refractivity (Wildman–Crippen MR) is 119 cm³/mol. The molecular formula is C23H34BNO5. The van der Waals surface area contributed by atoms with Crippen LogP contribution < -0.4 is 5.32 Å². The first kappa shape index (κ1) is 24.2. The fourth-order valence-corrected chi connectivity index (χ4v) is 2.99. The van der Waals surface area contributed by atoms with Gasteiger partial charge in [0, 0.05) is 13.0 Å². The van der Waals surface area contributed by atoms with Gasteiger partial charge >= 0.3 is 13.2 Å². The van der Waals surface area contributed by atoms with Crippen molar-refractivity contribution in [2.75, 3.05) is 6.54 Å². The molecule has 1 N–H and O–H groups in total. The van der Waals surface area contributed by atoms with Crippen molar-refractivity contribution in [3.8, 4) is 0 Å². The molecule has 2 rings (SSSR count). The number of ketones is 1. The molecule has 0 aromatic heterocycles. The van der Waals surface area contributed by atoms with Crippen LogP contribution in [-0.4, -0.2) is 42.3 Å². The molecule has 1 saturated heterocycles. The van der Waals surface area contributed by atoms with Gasteiger partial charge in [-0.2, -0.15) is 0 Å². The molecule has 0 aliphatic carbocycles. The average molecular weight is 415 g/mol. The van der Waals surface area contributed by atoms with Crippen molar-refractivity contribution in [2.45, 2.75) is 78.6 Å². The van der Waals surface area contributed by atoms with Crippen LogP contribution >= 0.6 is 0 Å². The van der Waals surface area contributed by atoms with E-state index in [0.29, 0.717) is 6.42 Å². The van der Waals surface area contributed by atoms with E-state index in [1.165, 1.54) is 0 Å². The van der Waals surface area contributed by atoms with Crippen LogP contribution in [0, 0.1) is 0 Å². The number of hydrogen-bond donors (Lipinski definition) is 1. The van der Waals surface area contributed by atoms with Crippen LogP contribution in [0.15, 0.2) is 29.7 Å². The lowest BCUT2D eigenvalue weighted by molar-refractivity contribution is -0.116. The molecule has 0 spiro atoms. The topological polar surface area (TPSA) is 73.9 Å². The van der Waals surface area contributed by atoms with Crippen molar-refractivity contribution in [3.05, 3.63) is 40.9 Å². The summed E-state index contributed by atoms with van der Waals surface area (Å²) in [7, 11) is -0.629. The number of nitrogens with one attached hydrogen (secondary N) is 1. The van der Waals surface area contributed by atoms with Crippen molar-refractivity contribution in [3.63, 3.8) is 0 Å². The molecule has 1 aliphatic heterocycles. The molecule has 1 aromatic rings. The molecule has 1 amide bonds. The van der Waals surface area contributed by atoms with E-state index in [4.69, 9.17) is 14.0 Å². The van der Waals surface area contributed by atoms with Gasteiger partial charge in [0.05, 0.1) is 11.2 Å². The largest absolute Gasteiger partial charge is 0.492 e. The van der Waals surface area contributed by atoms with Gasteiger partial charge in [-0.25, -0.2) is 4.79 Å². The number of Topliss-reactive ketones (excluding diaryl/α,β-unsaturated/α-hetero) is 1. The molecule has 1 aromatic carbocycles. The van der Waals surface area contributed by atoms with Gasteiger partial charge in [0.1, 0.15) is 11.4 Å². The second-order valence-corrected chi connectivity index (χ2v) is 9.74. The van der Waals surface area contributed by atoms with E-state index in [-0.39, 0.29) is 12.3 Å². The Morgan fingerprint density at radius 1 is 1.10 bits per heavy atom. The van der Waals surface area contributed by atoms with Gasteiger partial charge in [0.25, 0.3) is 0 Å². The fourth-order valence-electron chi connectivity index (χ4n) is 2.99. The predicted octanol–water partition coefficient (Wildman–Crippen LogP) is 4.36. The van der Waals surface area contributed by atoms with Gasteiger partial charge < -0.3 is 19.4 Å². The second kappa shape index (κ2) is 8.94. The van der Waals surface area contributed by atoms with E-state index >= 15 is 0 Å². The normalized spacial score (nSPS) is 18.3. The molecule has 0 bridgehead atoms. The Kier molecular flexibility index (Phi) is 7.20. The van der Waals surface area contributed by atoms with Crippen molar-refractivity contribution < 1.29 is 23.6 Å². The Morgan fingerprint density at radius 2 is 1.67 bits per heavy atom. The number of benzene rings is 1. The first-order valence-corrected chi connectivity index (χ1v) is 10.3. The number of rotatable bonds is 6. The summed E-state index contributed by atoms with van der Waals surface area (Å²) in [6.07, 6.45) is 1.75. The third kappa shape index (κ3) is 6.44. The van der Waals surface area contributed by atoms with E-state index in [1.807, 2.05) is 78.8 Å². The smallest absolute Gasteiger partial charge is 0.444 e. The monoisotopic (exact) mass is 415 g/mol. The zero-order valence-corrected chi connectivity index (χ0v) is 19.4. The SMILES string of the molecule is CC(=O)Cc1ccccc1C=C(CNC(=O)OC(C)(C)C)B1OC(C)(C)C(C)(C)O1. The molecular weight excluding hydrogens is 381 g/mol. The lowest BCUT2D eigenvalue weighted by Crippen LogP contribution is -2.41. The molecule has 30 heavy (non-hydrogen) atoms. The average Bonchev–Trinajstić information content (AvgIpc) is 2.78. The van der Waals surface area contributed by atoms with Crippen LogP contribution in [0.1, 0.15) is 66.5 Å². The van der Waals surface area contributed by atoms with E-state index in [9.17, 15) is 9.59 Å². The maximum absolute atomic E-state index is 12.2. The van der Waals surface area contributed by atoms with Crippen LogP contribution in [0.2, 0.25) is 0 Å². The summed E-state index contributed by atoms with van der Waals surface area (Å²) in [5.41, 5.74) is 0.936. The molecule has 7 heteroatoms. The minimum Gasteiger partial charge on any atom is -0.444 e. The number of carbonyl (C=O) groups is 2. The van der Waals surface area contributed by atoms with Crippen molar-refractivity contribution in [1.29, 1.82) is 0 Å². The first-order valence-electron chi connectivity index (χ1n) is 10.3. The van der Waals surface area contributed by atoms with Crippen LogP contribution in [-0.2, 0) is 25.3 Å². The Morgan fingerprint density at radius 3 is 2.20 bits per heavy atom. The molecule has 6 nitrogen and oxygen atoms in total. The summed E-state index contributed by atoms with van der Waals surface area (Å²) >= 11 is 0. The molecule has 0 unspecified atom stereocenters. The van der Waals surface area contributed by atoms with Crippen molar-refractivity contribution in [2.24, 2.45) is 0 Å². The van der Waals surface area contributed by atoms with E-state index in [2.05, 4.69) is 5.32 Å². The number of hydrogen-bond acceptors (Lipinski definition) is 5. The lowest BCUT2D eigenvalue weighted by Gasteiger charge is -2.32. The van der Waals surface area contributed by atoms with Gasteiger partial charge in [-0.15, -0.1) is 0 Å². The van der Waals surface area contributed by atoms with E-state index in [1.54, 1.807) is 6.92 Å². The molecule has 0 radical (unpaired) electrons. The molecule has 1 heterocycles. The number of carbonyl (C=O) groups excluding carboxylic acids is 2. The van der Waals surface area contributed by atoms with Gasteiger partial charge in [0.2, 0.25) is 0 Å². The summed E-state index contributed by atoms with van der Waals surface area (Å²) < 4.78 is 17.8. The first-order chi connectivity index (χ1) is 13.7. The number of amides is 1. The highest BCUT2D eigenvalue weighted by Crippen LogP contribution is 2.38. The Balaban J connectivity index is 2.34. The maximum atomic E-state index is 12.2. The van der Waals surface area contributed by atoms with Crippen LogP contribution in [0.4, 0.5) is 4.79 Å². The third-order valence-corrected chi connectivity index (χ3v) is 5.23. The number of ether oxygens (including phenoxy) is 1. The molecule has 0 saturated carbocycles. The Bertz CT molecular complexity index is 807. The number of alkyl carbamates (subject to hydrolysis) is 1. The van der Waals surface area contributed by atoms with Gasteiger partial charge in [-0.1, -0.05) is 30.3 Å². The molecule has 164 valence electrons. The lowest BCUT2D eigenvalue weighted by atomic mass is 9.76. The van der Waals surface area contributed by atoms with E-state index < -0.39 is 30.0 Å². The summed E-state index contributed by atoms with van der Waals surface area (Å²) in [6.45, 7) is 15.1. The van der Waals surface area contributed by atoms with Gasteiger partial charge in [-0.3, -0.25) is 4.79 Å². The molecule has 1 fully saturated rings. The third-order valence-electron chi connectivity index (χ3n) is 5.23. The van der Waals surface area contributed by atoms with Crippen LogP contribution in [0.25, 0.3) is 6.08 Å². The maximum Gasteiger partial charge on any atom is 0.492 e. The minimum atomic E-state index is -0.629. The van der Waals surface area contributed by atoms with Crippen LogP contribution in [0.3, 0.4) is 0 Å². The summed E-state index contributed by atoms with van der Waals surface area (Å²) in [5, 5.41) is 2.80. The summed E-state index contributed by atoms with van der Waals surface area (Å²) in [6, 6.07) is 7.69. The Labute approximate surface area is 180 Å². The van der Waals surface area contributed by atoms with Crippen LogP contribution in [0.5, 0.6) is 0 Å². The zero-order valence-electron chi connectivity index (χ0n) is 19.4. The minimum absolute atomic E-state index is 0.0833. The summed E-state index contributed by atoms with van der Waals surface area (Å²) in [4.78, 5) is 23.9. The highest BCUT2D eigenvalue weighted by atomic mass is 16.7. The second-order valence-electron chi connectivity index (χ2n) is 9.74. The zero-order chi connectivity index (χ0) is 22.7. The van der Waals surface area contributed by atoms with Gasteiger partial charge in [-0.05, 0) is 72.0 Å². The van der Waals surface area contributed by atoms with Crippen molar-refractivity contribution >= 4 is 25.1 Å². The van der Waals surface area contributed by atoms with Gasteiger partial charge in [0.15, 0.2) is 0 Å². The van der Waals surface area contributed by atoms with E-state index in [0.717, 1.165) is 16.6 Å². The highest BCUT2D eigenvalue weighted by Gasteiger charge is 2.52. The summed E-state index contributed by atoms with van der Waals surface area (Å²) in [5.74, 6) is 0.0833. The Hall–Kier alpha value is -2.12. The highest BCUT2D eigenvalue weighted by molar-refractivity contribution is 6.56. The molecule has 1 aliphatic rings. The van der Waals surface area contributed by atoms with Crippen molar-refractivity contribution in [1.82, 2.24) is 5.32 Å².